The van der Waals surface area contributed by atoms with Crippen molar-refractivity contribution in [2.75, 3.05) is 32.0 Å². The minimum absolute atomic E-state index is 0.0282. The second-order valence-electron chi connectivity index (χ2n) is 6.61. The number of likely N-dealkylation sites (tertiary alicyclic amines) is 1. The third-order valence-corrected chi connectivity index (χ3v) is 4.53. The van der Waals surface area contributed by atoms with Crippen LogP contribution in [-0.4, -0.2) is 43.4 Å². The molecule has 1 aliphatic heterocycles. The summed E-state index contributed by atoms with van der Waals surface area (Å²) >= 11 is 0. The summed E-state index contributed by atoms with van der Waals surface area (Å²) in [5, 5.41) is 5.42. The molecule has 144 valence electrons. The summed E-state index contributed by atoms with van der Waals surface area (Å²) in [6, 6.07) is 2.98. The zero-order chi connectivity index (χ0) is 19.3. The number of anilines is 1. The molecular formula is C18H24F3N3O2. The van der Waals surface area contributed by atoms with Gasteiger partial charge in [-0.25, -0.2) is 0 Å². The predicted molar refractivity (Wildman–Crippen MR) is 92.9 cm³/mol. The number of nitrogens with zero attached hydrogens (tertiary/aromatic N) is 1. The van der Waals surface area contributed by atoms with Gasteiger partial charge in [-0.15, -0.1) is 0 Å². The molecule has 0 saturated carbocycles. The van der Waals surface area contributed by atoms with E-state index < -0.39 is 23.6 Å². The van der Waals surface area contributed by atoms with Gasteiger partial charge in [-0.05, 0) is 57.0 Å². The largest absolute Gasteiger partial charge is 0.416 e. The molecule has 0 bridgehead atoms. The van der Waals surface area contributed by atoms with Gasteiger partial charge in [0.25, 0.3) is 5.91 Å². The molecule has 0 aromatic heterocycles. The Hall–Kier alpha value is -2.09. The fourth-order valence-corrected chi connectivity index (χ4v) is 3.15. The molecule has 2 N–H and O–H groups in total. The fourth-order valence-electron chi connectivity index (χ4n) is 3.15. The van der Waals surface area contributed by atoms with E-state index in [2.05, 4.69) is 10.6 Å². The Labute approximate surface area is 150 Å². The molecule has 0 aliphatic carbocycles. The molecule has 0 radical (unpaired) electrons. The summed E-state index contributed by atoms with van der Waals surface area (Å²) in [7, 11) is 1.89. The van der Waals surface area contributed by atoms with E-state index >= 15 is 0 Å². The van der Waals surface area contributed by atoms with E-state index in [4.69, 9.17) is 0 Å². The standard InChI is InChI=1S/C18H24F3N3O2/c1-12(25)23-16-10-14(9-15(11-16)18(19,20)21)17(26)24-7-4-13(5-8-24)3-6-22-2/h9-11,13,22H,3-8H2,1-2H3,(H,23,25). The highest BCUT2D eigenvalue weighted by Crippen LogP contribution is 2.32. The Morgan fingerprint density at radius 2 is 1.85 bits per heavy atom. The van der Waals surface area contributed by atoms with Crippen LogP contribution in [0.25, 0.3) is 0 Å². The van der Waals surface area contributed by atoms with Crippen LogP contribution in [0.3, 0.4) is 0 Å². The van der Waals surface area contributed by atoms with E-state index in [0.29, 0.717) is 19.0 Å². The van der Waals surface area contributed by atoms with Gasteiger partial charge in [-0.1, -0.05) is 0 Å². The predicted octanol–water partition coefficient (Wildman–Crippen LogP) is 3.13. The van der Waals surface area contributed by atoms with Gasteiger partial charge in [0, 0.05) is 31.3 Å². The average molecular weight is 371 g/mol. The zero-order valence-corrected chi connectivity index (χ0v) is 14.9. The van der Waals surface area contributed by atoms with Crippen LogP contribution in [0.5, 0.6) is 0 Å². The van der Waals surface area contributed by atoms with Crippen LogP contribution in [-0.2, 0) is 11.0 Å². The van der Waals surface area contributed by atoms with Gasteiger partial charge in [0.05, 0.1) is 5.56 Å². The van der Waals surface area contributed by atoms with Crippen molar-refractivity contribution in [3.05, 3.63) is 29.3 Å². The zero-order valence-electron chi connectivity index (χ0n) is 14.9. The topological polar surface area (TPSA) is 61.4 Å². The molecule has 1 aromatic carbocycles. The number of rotatable bonds is 5. The number of hydrogen-bond donors (Lipinski definition) is 2. The van der Waals surface area contributed by atoms with Crippen molar-refractivity contribution < 1.29 is 22.8 Å². The van der Waals surface area contributed by atoms with E-state index in [9.17, 15) is 22.8 Å². The molecule has 0 unspecified atom stereocenters. The molecule has 1 aliphatic rings. The second-order valence-corrected chi connectivity index (χ2v) is 6.61. The number of amides is 2. The van der Waals surface area contributed by atoms with E-state index in [0.717, 1.165) is 37.9 Å². The molecule has 0 spiro atoms. The molecule has 0 atom stereocenters. The van der Waals surface area contributed by atoms with Gasteiger partial charge in [0.15, 0.2) is 0 Å². The number of halogens is 3. The van der Waals surface area contributed by atoms with E-state index in [1.807, 2.05) is 7.05 Å². The fraction of sp³-hybridized carbons (Fsp3) is 0.556. The van der Waals surface area contributed by atoms with Crippen LogP contribution in [0, 0.1) is 5.92 Å². The quantitative estimate of drug-likeness (QED) is 0.836. The maximum absolute atomic E-state index is 13.1. The summed E-state index contributed by atoms with van der Waals surface area (Å²) in [6.45, 7) is 3.17. The van der Waals surface area contributed by atoms with Crippen LogP contribution < -0.4 is 10.6 Å². The molecule has 5 nitrogen and oxygen atoms in total. The Morgan fingerprint density at radius 1 is 1.19 bits per heavy atom. The molecule has 26 heavy (non-hydrogen) atoms. The van der Waals surface area contributed by atoms with Crippen LogP contribution in [0.1, 0.15) is 42.1 Å². The number of carbonyl (C=O) groups is 2. The van der Waals surface area contributed by atoms with Gasteiger partial charge in [-0.3, -0.25) is 9.59 Å². The first-order valence-electron chi connectivity index (χ1n) is 8.64. The summed E-state index contributed by atoms with van der Waals surface area (Å²) < 4.78 is 39.4. The normalized spacial score (nSPS) is 15.8. The highest BCUT2D eigenvalue weighted by molar-refractivity contribution is 5.97. The smallest absolute Gasteiger partial charge is 0.339 e. The van der Waals surface area contributed by atoms with Gasteiger partial charge in [0.1, 0.15) is 0 Å². The van der Waals surface area contributed by atoms with Crippen molar-refractivity contribution in [3.8, 4) is 0 Å². The van der Waals surface area contributed by atoms with E-state index in [1.165, 1.54) is 13.0 Å². The number of carbonyl (C=O) groups excluding carboxylic acids is 2. The first kappa shape index (κ1) is 20.2. The van der Waals surface area contributed by atoms with Crippen LogP contribution >= 0.6 is 0 Å². The Morgan fingerprint density at radius 3 is 2.38 bits per heavy atom. The van der Waals surface area contributed by atoms with Crippen molar-refractivity contribution in [2.45, 2.75) is 32.4 Å². The lowest BCUT2D eigenvalue weighted by Crippen LogP contribution is -2.39. The lowest BCUT2D eigenvalue weighted by Gasteiger charge is -2.32. The van der Waals surface area contributed by atoms with E-state index in [-0.39, 0.29) is 11.3 Å². The highest BCUT2D eigenvalue weighted by Gasteiger charge is 2.33. The number of nitrogens with one attached hydrogen (secondary N) is 2. The minimum Gasteiger partial charge on any atom is -0.339 e. The van der Waals surface area contributed by atoms with Crippen molar-refractivity contribution in [1.82, 2.24) is 10.2 Å². The van der Waals surface area contributed by atoms with Gasteiger partial charge in [-0.2, -0.15) is 13.2 Å². The number of benzene rings is 1. The van der Waals surface area contributed by atoms with E-state index in [1.54, 1.807) is 4.90 Å². The third kappa shape index (κ3) is 5.45. The molecule has 1 fully saturated rings. The van der Waals surface area contributed by atoms with Crippen molar-refractivity contribution in [3.63, 3.8) is 0 Å². The molecule has 8 heteroatoms. The van der Waals surface area contributed by atoms with Crippen molar-refractivity contribution in [2.24, 2.45) is 5.92 Å². The second kappa shape index (κ2) is 8.53. The maximum Gasteiger partial charge on any atom is 0.416 e. The number of alkyl halides is 3. The minimum atomic E-state index is -4.59. The summed E-state index contributed by atoms with van der Waals surface area (Å²) in [4.78, 5) is 25.4. The average Bonchev–Trinajstić information content (AvgIpc) is 2.58. The molecule has 2 rings (SSSR count). The molecular weight excluding hydrogens is 347 g/mol. The first-order valence-corrected chi connectivity index (χ1v) is 8.64. The Kier molecular flexibility index (Phi) is 6.63. The lowest BCUT2D eigenvalue weighted by molar-refractivity contribution is -0.137. The van der Waals surface area contributed by atoms with Crippen molar-refractivity contribution in [1.29, 1.82) is 0 Å². The summed E-state index contributed by atoms with van der Waals surface area (Å²) in [5.41, 5.74) is -1.03. The third-order valence-electron chi connectivity index (χ3n) is 4.53. The molecule has 1 aromatic rings. The molecule has 1 saturated heterocycles. The highest BCUT2D eigenvalue weighted by atomic mass is 19.4. The van der Waals surface area contributed by atoms with Crippen LogP contribution in [0.15, 0.2) is 18.2 Å². The Bertz CT molecular complexity index is 654. The number of piperidine rings is 1. The van der Waals surface area contributed by atoms with Crippen molar-refractivity contribution >= 4 is 17.5 Å². The number of hydrogen-bond acceptors (Lipinski definition) is 3. The SMILES string of the molecule is CNCCC1CCN(C(=O)c2cc(NC(C)=O)cc(C(F)(F)F)c2)CC1. The molecule has 2 amide bonds. The monoisotopic (exact) mass is 371 g/mol. The first-order chi connectivity index (χ1) is 12.2. The van der Waals surface area contributed by atoms with Crippen LogP contribution in [0.4, 0.5) is 18.9 Å². The lowest BCUT2D eigenvalue weighted by atomic mass is 9.93. The maximum atomic E-state index is 13.1. The summed E-state index contributed by atoms with van der Waals surface area (Å²) in [5.74, 6) is -0.411. The summed E-state index contributed by atoms with van der Waals surface area (Å²) in [6.07, 6.45) is -1.89. The van der Waals surface area contributed by atoms with Gasteiger partial charge >= 0.3 is 6.18 Å². The Balaban J connectivity index is 2.16. The van der Waals surface area contributed by atoms with Gasteiger partial charge < -0.3 is 15.5 Å². The van der Waals surface area contributed by atoms with Crippen LogP contribution in [0.2, 0.25) is 0 Å². The van der Waals surface area contributed by atoms with Gasteiger partial charge in [0.2, 0.25) is 5.91 Å². The molecule has 1 heterocycles.